The van der Waals surface area contributed by atoms with Crippen LogP contribution in [-0.2, 0) is 14.3 Å². The molecule has 2 fully saturated rings. The Morgan fingerprint density at radius 1 is 1.10 bits per heavy atom. The molecule has 0 aromatic rings. The summed E-state index contributed by atoms with van der Waals surface area (Å²) in [6, 6.07) is 0. The number of Topliss-reactive ketones (excluding diaryl/α,β-unsaturated/α-hetero) is 2. The minimum absolute atomic E-state index is 0.116. The first-order chi connectivity index (χ1) is 9.60. The summed E-state index contributed by atoms with van der Waals surface area (Å²) in [7, 11) is 1.44. The predicted molar refractivity (Wildman–Crippen MR) is 70.8 cm³/mol. The second-order valence-electron chi connectivity index (χ2n) is 5.28. The van der Waals surface area contributed by atoms with Gasteiger partial charge in [-0.15, -0.1) is 0 Å². The highest BCUT2D eigenvalue weighted by molar-refractivity contribution is 6.25. The van der Waals surface area contributed by atoms with Gasteiger partial charge < -0.3 is 19.6 Å². The smallest absolute Gasteiger partial charge is 0.210 e. The molecule has 1 N–H and O–H groups in total. The summed E-state index contributed by atoms with van der Waals surface area (Å²) >= 11 is 0. The third-order valence-electron chi connectivity index (χ3n) is 3.92. The maximum Gasteiger partial charge on any atom is 0.210 e. The molecule has 0 aromatic heterocycles. The zero-order chi connectivity index (χ0) is 14.4. The molecule has 108 valence electrons. The summed E-state index contributed by atoms with van der Waals surface area (Å²) in [4.78, 5) is 29.1. The average molecular weight is 278 g/mol. The van der Waals surface area contributed by atoms with Crippen molar-refractivity contribution < 1.29 is 19.4 Å². The van der Waals surface area contributed by atoms with Crippen LogP contribution >= 0.6 is 0 Å². The van der Waals surface area contributed by atoms with Crippen LogP contribution in [0.1, 0.15) is 6.92 Å². The Hall–Kier alpha value is -1.66. The molecule has 3 rings (SSSR count). The van der Waals surface area contributed by atoms with Crippen LogP contribution in [0, 0.1) is 0 Å². The number of hydrogen-bond donors (Lipinski definition) is 1. The molecule has 2 aliphatic heterocycles. The molecule has 20 heavy (non-hydrogen) atoms. The van der Waals surface area contributed by atoms with E-state index in [4.69, 9.17) is 4.74 Å². The fraction of sp³-hybridized carbons (Fsp3) is 0.571. The zero-order valence-corrected chi connectivity index (χ0v) is 11.7. The van der Waals surface area contributed by atoms with E-state index < -0.39 is 6.10 Å². The normalized spacial score (nSPS) is 23.8. The fourth-order valence-corrected chi connectivity index (χ4v) is 2.64. The maximum absolute atomic E-state index is 12.7. The van der Waals surface area contributed by atoms with Gasteiger partial charge in [0.2, 0.25) is 11.6 Å². The molecule has 0 saturated carbocycles. The minimum Gasteiger partial charge on any atom is -0.393 e. The van der Waals surface area contributed by atoms with Crippen molar-refractivity contribution >= 4 is 11.6 Å². The summed E-state index contributed by atoms with van der Waals surface area (Å²) in [6.07, 6.45) is -0.745. The van der Waals surface area contributed by atoms with E-state index in [0.29, 0.717) is 22.5 Å². The van der Waals surface area contributed by atoms with Gasteiger partial charge in [0.05, 0.1) is 23.6 Å². The van der Waals surface area contributed by atoms with E-state index in [1.165, 1.54) is 7.11 Å². The number of rotatable bonds is 5. The second-order valence-corrected chi connectivity index (χ2v) is 5.28. The minimum atomic E-state index is -0.745. The Bertz CT molecular complexity index is 537. The van der Waals surface area contributed by atoms with E-state index in [2.05, 4.69) is 0 Å². The molecule has 1 unspecified atom stereocenters. The topological polar surface area (TPSA) is 69.6 Å². The summed E-state index contributed by atoms with van der Waals surface area (Å²) in [5, 5.41) is 9.44. The van der Waals surface area contributed by atoms with Gasteiger partial charge in [0, 0.05) is 38.9 Å². The van der Waals surface area contributed by atoms with Crippen LogP contribution in [0.3, 0.4) is 0 Å². The van der Waals surface area contributed by atoms with Crippen LogP contribution in [0.25, 0.3) is 0 Å². The molecule has 0 bridgehead atoms. The van der Waals surface area contributed by atoms with Crippen LogP contribution in [-0.4, -0.2) is 72.5 Å². The van der Waals surface area contributed by atoms with Crippen molar-refractivity contribution in [1.29, 1.82) is 0 Å². The highest BCUT2D eigenvalue weighted by atomic mass is 16.5. The SMILES string of the molecule is COC(CO)C1=C(N2CC2)C(=O)C(C)=C(N2CC2)C1=O. The van der Waals surface area contributed by atoms with Crippen molar-refractivity contribution in [3.8, 4) is 0 Å². The van der Waals surface area contributed by atoms with Crippen molar-refractivity contribution in [2.45, 2.75) is 13.0 Å². The van der Waals surface area contributed by atoms with Gasteiger partial charge in [-0.1, -0.05) is 0 Å². The molecule has 0 aromatic carbocycles. The lowest BCUT2D eigenvalue weighted by atomic mass is 9.88. The van der Waals surface area contributed by atoms with Crippen LogP contribution < -0.4 is 0 Å². The number of aliphatic hydroxyl groups excluding tert-OH is 1. The van der Waals surface area contributed by atoms with Crippen LogP contribution in [0.2, 0.25) is 0 Å². The maximum atomic E-state index is 12.7. The molecule has 1 aliphatic carbocycles. The average Bonchev–Trinajstić information content (AvgIpc) is 3.28. The Morgan fingerprint density at radius 3 is 2.10 bits per heavy atom. The van der Waals surface area contributed by atoms with Crippen molar-refractivity contribution in [1.82, 2.24) is 9.80 Å². The van der Waals surface area contributed by atoms with Gasteiger partial charge in [-0.3, -0.25) is 9.59 Å². The lowest BCUT2D eigenvalue weighted by Crippen LogP contribution is -2.36. The van der Waals surface area contributed by atoms with E-state index in [-0.39, 0.29) is 18.2 Å². The van der Waals surface area contributed by atoms with Crippen LogP contribution in [0.15, 0.2) is 22.5 Å². The van der Waals surface area contributed by atoms with E-state index in [9.17, 15) is 14.7 Å². The lowest BCUT2D eigenvalue weighted by molar-refractivity contribution is -0.119. The molecule has 2 heterocycles. The number of ether oxygens (including phenoxy) is 1. The third-order valence-corrected chi connectivity index (χ3v) is 3.92. The van der Waals surface area contributed by atoms with Gasteiger partial charge in [-0.05, 0) is 6.92 Å². The largest absolute Gasteiger partial charge is 0.393 e. The molecular weight excluding hydrogens is 260 g/mol. The molecule has 0 radical (unpaired) electrons. The van der Waals surface area contributed by atoms with Gasteiger partial charge in [0.1, 0.15) is 6.10 Å². The highest BCUT2D eigenvalue weighted by Gasteiger charge is 2.44. The number of carbonyl (C=O) groups excluding carboxylic acids is 2. The van der Waals surface area contributed by atoms with Crippen LogP contribution in [0.4, 0.5) is 0 Å². The van der Waals surface area contributed by atoms with Gasteiger partial charge in [-0.25, -0.2) is 0 Å². The molecule has 3 aliphatic rings. The Morgan fingerprint density at radius 2 is 1.65 bits per heavy atom. The van der Waals surface area contributed by atoms with Gasteiger partial charge in [-0.2, -0.15) is 0 Å². The number of hydrogen-bond acceptors (Lipinski definition) is 6. The number of nitrogens with zero attached hydrogens (tertiary/aromatic N) is 2. The second kappa shape index (κ2) is 4.71. The van der Waals surface area contributed by atoms with E-state index in [1.54, 1.807) is 6.92 Å². The molecule has 0 amide bonds. The predicted octanol–water partition coefficient (Wildman–Crippen LogP) is -0.695. The van der Waals surface area contributed by atoms with E-state index in [0.717, 1.165) is 26.2 Å². The first-order valence-electron chi connectivity index (χ1n) is 6.78. The Kier molecular flexibility index (Phi) is 3.14. The summed E-state index contributed by atoms with van der Waals surface area (Å²) in [5.41, 5.74) is 1.71. The standard InChI is InChI=1S/C14H18N2O4/c1-8-11(15-3-4-15)14(19)10(9(7-17)20-2)12(13(8)18)16-5-6-16/h9,17H,3-7H2,1-2H3. The Labute approximate surface area is 117 Å². The van der Waals surface area contributed by atoms with Crippen molar-refractivity contribution in [3.05, 3.63) is 22.5 Å². The Balaban J connectivity index is 2.09. The fourth-order valence-electron chi connectivity index (χ4n) is 2.64. The first kappa shape index (κ1) is 13.3. The number of aliphatic hydroxyl groups is 1. The first-order valence-corrected chi connectivity index (χ1v) is 6.78. The molecule has 2 saturated heterocycles. The van der Waals surface area contributed by atoms with Gasteiger partial charge in [0.25, 0.3) is 0 Å². The molecule has 6 nitrogen and oxygen atoms in total. The molecular formula is C14H18N2O4. The van der Waals surface area contributed by atoms with Crippen LogP contribution in [0.5, 0.6) is 0 Å². The number of allylic oxidation sites excluding steroid dienone is 2. The van der Waals surface area contributed by atoms with Gasteiger partial charge >= 0.3 is 0 Å². The summed E-state index contributed by atoms with van der Waals surface area (Å²) in [6.45, 7) is 4.53. The monoisotopic (exact) mass is 278 g/mol. The summed E-state index contributed by atoms with van der Waals surface area (Å²) in [5.74, 6) is -0.295. The molecule has 6 heteroatoms. The van der Waals surface area contributed by atoms with Gasteiger partial charge in [0.15, 0.2) is 0 Å². The third kappa shape index (κ3) is 1.96. The highest BCUT2D eigenvalue weighted by Crippen LogP contribution is 2.35. The number of carbonyl (C=O) groups is 2. The lowest BCUT2D eigenvalue weighted by Gasteiger charge is -2.27. The van der Waals surface area contributed by atoms with E-state index >= 15 is 0 Å². The van der Waals surface area contributed by atoms with E-state index in [1.807, 2.05) is 9.80 Å². The quantitative estimate of drug-likeness (QED) is 0.530. The zero-order valence-electron chi connectivity index (χ0n) is 11.7. The van der Waals surface area contributed by atoms with Crippen molar-refractivity contribution in [3.63, 3.8) is 0 Å². The number of ketones is 2. The number of methoxy groups -OCH3 is 1. The summed E-state index contributed by atoms with van der Waals surface area (Å²) < 4.78 is 5.20. The van der Waals surface area contributed by atoms with Crippen molar-refractivity contribution in [2.24, 2.45) is 0 Å². The van der Waals surface area contributed by atoms with Crippen molar-refractivity contribution in [2.75, 3.05) is 39.9 Å². The molecule has 0 spiro atoms. The molecule has 1 atom stereocenters.